The van der Waals surface area contributed by atoms with Crippen molar-refractivity contribution >= 4 is 11.3 Å². The average Bonchev–Trinajstić information content (AvgIpc) is 2.90. The zero-order chi connectivity index (χ0) is 14.1. The number of anilines is 1. The summed E-state index contributed by atoms with van der Waals surface area (Å²) in [4.78, 5) is 10.9. The molecule has 5 nitrogen and oxygen atoms in total. The molecule has 2 aromatic heterocycles. The molecule has 0 fully saturated rings. The Labute approximate surface area is 117 Å². The third-order valence-electron chi connectivity index (χ3n) is 3.32. The molecule has 5 heteroatoms. The van der Waals surface area contributed by atoms with E-state index in [1.807, 2.05) is 30.9 Å². The van der Waals surface area contributed by atoms with Gasteiger partial charge < -0.3 is 10.6 Å². The fraction of sp³-hybridized carbons (Fsp3) is 0.200. The first-order valence-electron chi connectivity index (χ1n) is 6.48. The lowest BCUT2D eigenvalue weighted by Gasteiger charge is -2.12. The molecule has 3 aromatic rings. The summed E-state index contributed by atoms with van der Waals surface area (Å²) in [7, 11) is 4.05. The van der Waals surface area contributed by atoms with Crippen LogP contribution in [-0.4, -0.2) is 28.5 Å². The number of fused-ring (bicyclic) bond motifs is 1. The molecule has 102 valence electrons. The molecule has 0 aliphatic rings. The van der Waals surface area contributed by atoms with Gasteiger partial charge >= 0.3 is 0 Å². The van der Waals surface area contributed by atoms with Crippen LogP contribution in [0, 0.1) is 0 Å². The lowest BCUT2D eigenvalue weighted by molar-refractivity contribution is 1.01. The topological polar surface area (TPSA) is 59.5 Å². The predicted molar refractivity (Wildman–Crippen MR) is 80.6 cm³/mol. The normalized spacial score (nSPS) is 10.9. The van der Waals surface area contributed by atoms with Crippen molar-refractivity contribution in [2.45, 2.75) is 6.54 Å². The summed E-state index contributed by atoms with van der Waals surface area (Å²) < 4.78 is 1.91. The van der Waals surface area contributed by atoms with E-state index in [4.69, 9.17) is 5.73 Å². The van der Waals surface area contributed by atoms with E-state index >= 15 is 0 Å². The van der Waals surface area contributed by atoms with Gasteiger partial charge in [-0.25, -0.2) is 9.97 Å². The molecule has 3 rings (SSSR count). The van der Waals surface area contributed by atoms with E-state index in [-0.39, 0.29) is 0 Å². The molecule has 0 saturated carbocycles. The molecule has 1 aromatic carbocycles. The van der Waals surface area contributed by atoms with Gasteiger partial charge in [0.25, 0.3) is 0 Å². The van der Waals surface area contributed by atoms with Gasteiger partial charge in [-0.1, -0.05) is 12.1 Å². The first-order chi connectivity index (χ1) is 9.69. The van der Waals surface area contributed by atoms with Crippen molar-refractivity contribution in [3.05, 3.63) is 48.7 Å². The third-order valence-corrected chi connectivity index (χ3v) is 3.32. The molecular formula is C15H17N5. The largest absolute Gasteiger partial charge is 0.378 e. The highest BCUT2D eigenvalue weighted by molar-refractivity contribution is 5.77. The van der Waals surface area contributed by atoms with Crippen LogP contribution in [0.5, 0.6) is 0 Å². The Bertz CT molecular complexity index is 728. The van der Waals surface area contributed by atoms with Crippen molar-refractivity contribution in [3.63, 3.8) is 0 Å². The molecule has 0 atom stereocenters. The van der Waals surface area contributed by atoms with Crippen LogP contribution in [0.25, 0.3) is 16.8 Å². The van der Waals surface area contributed by atoms with Crippen LogP contribution < -0.4 is 10.6 Å². The number of nitrogens with two attached hydrogens (primary N) is 1. The number of rotatable bonds is 3. The SMILES string of the molecule is CN(C)c1ccc(-c2cncn3cc(CN)nc23)cc1. The molecule has 2 heterocycles. The van der Waals surface area contributed by atoms with Gasteiger partial charge in [0.1, 0.15) is 12.0 Å². The van der Waals surface area contributed by atoms with E-state index in [1.165, 1.54) is 5.69 Å². The molecular weight excluding hydrogens is 250 g/mol. The highest BCUT2D eigenvalue weighted by atomic mass is 15.1. The van der Waals surface area contributed by atoms with Gasteiger partial charge in [0.2, 0.25) is 0 Å². The molecule has 0 bridgehead atoms. The van der Waals surface area contributed by atoms with Crippen molar-refractivity contribution in [2.75, 3.05) is 19.0 Å². The van der Waals surface area contributed by atoms with Crippen molar-refractivity contribution in [3.8, 4) is 11.1 Å². The summed E-state index contributed by atoms with van der Waals surface area (Å²) in [6, 6.07) is 8.35. The van der Waals surface area contributed by atoms with Gasteiger partial charge in [0.15, 0.2) is 0 Å². The van der Waals surface area contributed by atoms with Crippen molar-refractivity contribution < 1.29 is 0 Å². The minimum absolute atomic E-state index is 0.431. The minimum atomic E-state index is 0.431. The summed E-state index contributed by atoms with van der Waals surface area (Å²) >= 11 is 0. The maximum Gasteiger partial charge on any atom is 0.147 e. The first-order valence-corrected chi connectivity index (χ1v) is 6.48. The summed E-state index contributed by atoms with van der Waals surface area (Å²) in [5.74, 6) is 0. The number of imidazole rings is 1. The van der Waals surface area contributed by atoms with Crippen molar-refractivity contribution in [2.24, 2.45) is 5.73 Å². The first kappa shape index (κ1) is 12.6. The maximum absolute atomic E-state index is 5.65. The number of benzene rings is 1. The number of aromatic nitrogens is 3. The molecule has 0 unspecified atom stereocenters. The van der Waals surface area contributed by atoms with E-state index in [1.54, 1.807) is 6.33 Å². The lowest BCUT2D eigenvalue weighted by atomic mass is 10.1. The Balaban J connectivity index is 2.11. The summed E-state index contributed by atoms with van der Waals surface area (Å²) in [6.45, 7) is 0.431. The molecule has 0 radical (unpaired) electrons. The Hall–Kier alpha value is -2.40. The van der Waals surface area contributed by atoms with Crippen molar-refractivity contribution in [1.82, 2.24) is 14.4 Å². The Kier molecular flexibility index (Phi) is 3.12. The summed E-state index contributed by atoms with van der Waals surface area (Å²) in [6.07, 6.45) is 5.51. The Morgan fingerprint density at radius 1 is 1.20 bits per heavy atom. The molecule has 0 saturated heterocycles. The van der Waals surface area contributed by atoms with Crippen LogP contribution in [0.15, 0.2) is 43.0 Å². The smallest absolute Gasteiger partial charge is 0.147 e. The molecule has 0 aliphatic carbocycles. The molecule has 0 amide bonds. The number of nitrogens with zero attached hydrogens (tertiary/aromatic N) is 4. The van der Waals surface area contributed by atoms with Crippen LogP contribution in [0.2, 0.25) is 0 Å². The van der Waals surface area contributed by atoms with Crippen molar-refractivity contribution in [1.29, 1.82) is 0 Å². The highest BCUT2D eigenvalue weighted by Gasteiger charge is 2.08. The monoisotopic (exact) mass is 267 g/mol. The third kappa shape index (κ3) is 2.12. The Morgan fingerprint density at radius 2 is 1.95 bits per heavy atom. The molecule has 0 aliphatic heterocycles. The van der Waals surface area contributed by atoms with Crippen LogP contribution in [0.4, 0.5) is 5.69 Å². The molecule has 2 N–H and O–H groups in total. The van der Waals surface area contributed by atoms with E-state index in [0.29, 0.717) is 6.54 Å². The standard InChI is InChI=1S/C15H17N5/c1-19(2)13-5-3-11(4-6-13)14-8-17-10-20-9-12(7-16)18-15(14)20/h3-6,8-10H,7,16H2,1-2H3. The summed E-state index contributed by atoms with van der Waals surface area (Å²) in [5, 5.41) is 0. The number of hydrogen-bond donors (Lipinski definition) is 1. The van der Waals surface area contributed by atoms with Crippen LogP contribution in [0.3, 0.4) is 0 Å². The lowest BCUT2D eigenvalue weighted by Crippen LogP contribution is -2.07. The zero-order valence-electron chi connectivity index (χ0n) is 11.6. The fourth-order valence-electron chi connectivity index (χ4n) is 2.21. The van der Waals surface area contributed by atoms with Crippen LogP contribution in [0.1, 0.15) is 5.69 Å². The van der Waals surface area contributed by atoms with Crippen LogP contribution >= 0.6 is 0 Å². The second kappa shape index (κ2) is 4.94. The summed E-state index contributed by atoms with van der Waals surface area (Å²) in [5.41, 5.74) is 10.7. The average molecular weight is 267 g/mol. The van der Waals surface area contributed by atoms with E-state index in [9.17, 15) is 0 Å². The number of hydrogen-bond acceptors (Lipinski definition) is 4. The zero-order valence-corrected chi connectivity index (χ0v) is 11.6. The second-order valence-electron chi connectivity index (χ2n) is 4.92. The van der Waals surface area contributed by atoms with E-state index < -0.39 is 0 Å². The van der Waals surface area contributed by atoms with Gasteiger partial charge in [-0.3, -0.25) is 4.40 Å². The van der Waals surface area contributed by atoms with Crippen LogP contribution in [-0.2, 0) is 6.54 Å². The minimum Gasteiger partial charge on any atom is -0.378 e. The highest BCUT2D eigenvalue weighted by Crippen LogP contribution is 2.25. The quantitative estimate of drug-likeness (QED) is 0.787. The molecule has 20 heavy (non-hydrogen) atoms. The van der Waals surface area contributed by atoms with Gasteiger partial charge in [-0.2, -0.15) is 0 Å². The second-order valence-corrected chi connectivity index (χ2v) is 4.92. The van der Waals surface area contributed by atoms with Gasteiger partial charge in [0, 0.05) is 44.3 Å². The van der Waals surface area contributed by atoms with E-state index in [0.717, 1.165) is 22.5 Å². The van der Waals surface area contributed by atoms with E-state index in [2.05, 4.69) is 39.1 Å². The Morgan fingerprint density at radius 3 is 2.60 bits per heavy atom. The van der Waals surface area contributed by atoms with Gasteiger partial charge in [-0.05, 0) is 17.7 Å². The predicted octanol–water partition coefficient (Wildman–Crippen LogP) is 1.92. The maximum atomic E-state index is 5.65. The molecule has 0 spiro atoms. The van der Waals surface area contributed by atoms with Gasteiger partial charge in [0.05, 0.1) is 5.69 Å². The van der Waals surface area contributed by atoms with Gasteiger partial charge in [-0.15, -0.1) is 0 Å². The fourth-order valence-corrected chi connectivity index (χ4v) is 2.21.